The van der Waals surface area contributed by atoms with E-state index in [1.807, 2.05) is 30.3 Å². The molecule has 0 aliphatic carbocycles. The van der Waals surface area contributed by atoms with Crippen LogP contribution in [0, 0.1) is 5.82 Å². The van der Waals surface area contributed by atoms with Gasteiger partial charge < -0.3 is 0 Å². The Hall–Kier alpha value is -1.82. The minimum absolute atomic E-state index is 0.304. The minimum Gasteiger partial charge on any atom is -0.271 e. The molecule has 21 heavy (non-hydrogen) atoms. The van der Waals surface area contributed by atoms with Crippen LogP contribution in [0.2, 0.25) is 0 Å². The van der Waals surface area contributed by atoms with Crippen molar-refractivity contribution in [1.82, 2.24) is 10.4 Å². The maximum Gasteiger partial charge on any atom is 0.123 e. The van der Waals surface area contributed by atoms with Gasteiger partial charge in [0.05, 0.1) is 11.6 Å². The summed E-state index contributed by atoms with van der Waals surface area (Å²) in [5.74, 6) is 5.42. The van der Waals surface area contributed by atoms with Crippen LogP contribution in [0.1, 0.15) is 17.2 Å². The predicted molar refractivity (Wildman–Crippen MR) is 85.0 cm³/mol. The van der Waals surface area contributed by atoms with Crippen LogP contribution in [0.15, 0.2) is 59.2 Å². The summed E-state index contributed by atoms with van der Waals surface area (Å²) < 4.78 is 14.4. The molecule has 0 saturated carbocycles. The number of nitrogens with two attached hydrogens (primary N) is 1. The molecule has 3 nitrogen and oxygen atoms in total. The summed E-state index contributed by atoms with van der Waals surface area (Å²) in [6, 6.07) is 13.9. The minimum atomic E-state index is -0.353. The summed E-state index contributed by atoms with van der Waals surface area (Å²) in [6.07, 6.45) is 1.74. The number of pyridine rings is 1. The van der Waals surface area contributed by atoms with Gasteiger partial charge in [-0.15, -0.1) is 0 Å². The Morgan fingerprint density at radius 3 is 2.71 bits per heavy atom. The average molecular weight is 346 g/mol. The SMILES string of the molecule is NNC(c1cc(F)ccc1Br)c1cccc2cccnc12. The van der Waals surface area contributed by atoms with Gasteiger partial charge in [-0.1, -0.05) is 40.2 Å². The van der Waals surface area contributed by atoms with Gasteiger partial charge in [0.2, 0.25) is 0 Å². The lowest BCUT2D eigenvalue weighted by atomic mass is 9.96. The van der Waals surface area contributed by atoms with Crippen molar-refractivity contribution in [2.24, 2.45) is 5.84 Å². The quantitative estimate of drug-likeness (QED) is 0.562. The number of hydrogen-bond donors (Lipinski definition) is 2. The summed E-state index contributed by atoms with van der Waals surface area (Å²) in [4.78, 5) is 4.42. The molecular formula is C16H13BrFN3. The fourth-order valence-corrected chi connectivity index (χ4v) is 2.92. The van der Waals surface area contributed by atoms with Crippen LogP contribution in [0.4, 0.5) is 4.39 Å². The van der Waals surface area contributed by atoms with E-state index in [0.717, 1.165) is 26.5 Å². The van der Waals surface area contributed by atoms with Gasteiger partial charge in [-0.3, -0.25) is 10.8 Å². The second-order valence-electron chi connectivity index (χ2n) is 4.69. The van der Waals surface area contributed by atoms with E-state index in [-0.39, 0.29) is 11.9 Å². The van der Waals surface area contributed by atoms with Crippen LogP contribution >= 0.6 is 15.9 Å². The van der Waals surface area contributed by atoms with E-state index in [1.54, 1.807) is 12.3 Å². The first-order valence-electron chi connectivity index (χ1n) is 6.45. The highest BCUT2D eigenvalue weighted by molar-refractivity contribution is 9.10. The number of benzene rings is 2. The summed E-state index contributed by atoms with van der Waals surface area (Å²) in [7, 11) is 0. The van der Waals surface area contributed by atoms with Gasteiger partial charge in [0.25, 0.3) is 0 Å². The molecule has 3 N–H and O–H groups in total. The van der Waals surface area contributed by atoms with E-state index >= 15 is 0 Å². The standard InChI is InChI=1S/C16H13BrFN3/c17-14-7-6-11(18)9-13(14)16(21-19)12-5-1-3-10-4-2-8-20-15(10)12/h1-9,16,21H,19H2. The smallest absolute Gasteiger partial charge is 0.123 e. The molecule has 0 amide bonds. The van der Waals surface area contributed by atoms with E-state index in [2.05, 4.69) is 26.3 Å². The van der Waals surface area contributed by atoms with Crippen LogP contribution < -0.4 is 11.3 Å². The number of para-hydroxylation sites is 1. The summed E-state index contributed by atoms with van der Waals surface area (Å²) in [6.45, 7) is 0. The summed E-state index contributed by atoms with van der Waals surface area (Å²) in [5, 5.41) is 1.02. The topological polar surface area (TPSA) is 50.9 Å². The van der Waals surface area contributed by atoms with Gasteiger partial charge in [-0.25, -0.2) is 9.82 Å². The van der Waals surface area contributed by atoms with E-state index in [9.17, 15) is 4.39 Å². The zero-order valence-electron chi connectivity index (χ0n) is 11.1. The first-order chi connectivity index (χ1) is 10.2. The molecule has 0 bridgehead atoms. The van der Waals surface area contributed by atoms with Crippen molar-refractivity contribution in [2.75, 3.05) is 0 Å². The maximum atomic E-state index is 13.6. The van der Waals surface area contributed by atoms with Crippen molar-refractivity contribution in [3.05, 3.63) is 76.1 Å². The molecule has 106 valence electrons. The van der Waals surface area contributed by atoms with E-state index < -0.39 is 0 Å². The number of nitrogens with zero attached hydrogens (tertiary/aromatic N) is 1. The number of aromatic nitrogens is 1. The lowest BCUT2D eigenvalue weighted by molar-refractivity contribution is 0.604. The molecule has 1 aromatic heterocycles. The maximum absolute atomic E-state index is 13.6. The lowest BCUT2D eigenvalue weighted by Crippen LogP contribution is -2.29. The van der Waals surface area contributed by atoms with Crippen molar-refractivity contribution in [1.29, 1.82) is 0 Å². The lowest BCUT2D eigenvalue weighted by Gasteiger charge is -2.19. The van der Waals surface area contributed by atoms with Crippen LogP contribution in [0.25, 0.3) is 10.9 Å². The van der Waals surface area contributed by atoms with Crippen molar-refractivity contribution < 1.29 is 4.39 Å². The number of rotatable bonds is 3. The summed E-state index contributed by atoms with van der Waals surface area (Å²) in [5.41, 5.74) is 5.24. The molecule has 3 aromatic rings. The number of hydrazine groups is 1. The molecule has 0 spiro atoms. The highest BCUT2D eigenvalue weighted by atomic mass is 79.9. The van der Waals surface area contributed by atoms with Crippen molar-refractivity contribution in [3.63, 3.8) is 0 Å². The van der Waals surface area contributed by atoms with Gasteiger partial charge in [0, 0.05) is 21.6 Å². The Bertz CT molecular complexity index is 786. The fourth-order valence-electron chi connectivity index (χ4n) is 2.44. The summed E-state index contributed by atoms with van der Waals surface area (Å²) >= 11 is 3.45. The Labute approximate surface area is 130 Å². The highest BCUT2D eigenvalue weighted by Crippen LogP contribution is 2.31. The number of halogens is 2. The zero-order valence-corrected chi connectivity index (χ0v) is 12.6. The molecule has 1 heterocycles. The second-order valence-corrected chi connectivity index (χ2v) is 5.54. The Morgan fingerprint density at radius 2 is 1.90 bits per heavy atom. The molecule has 0 fully saturated rings. The molecule has 2 aromatic carbocycles. The van der Waals surface area contributed by atoms with Gasteiger partial charge in [-0.2, -0.15) is 0 Å². The molecule has 1 unspecified atom stereocenters. The van der Waals surface area contributed by atoms with E-state index in [4.69, 9.17) is 5.84 Å². The van der Waals surface area contributed by atoms with Crippen molar-refractivity contribution in [2.45, 2.75) is 6.04 Å². The Balaban J connectivity index is 2.21. The molecule has 0 saturated heterocycles. The second kappa shape index (κ2) is 5.89. The Kier molecular flexibility index (Phi) is 3.96. The molecule has 0 aliphatic rings. The predicted octanol–water partition coefficient (Wildman–Crippen LogP) is 3.69. The number of hydrogen-bond acceptors (Lipinski definition) is 3. The van der Waals surface area contributed by atoms with Gasteiger partial charge in [0.15, 0.2) is 0 Å². The number of nitrogens with one attached hydrogen (secondary N) is 1. The van der Waals surface area contributed by atoms with Gasteiger partial charge in [-0.05, 0) is 29.8 Å². The highest BCUT2D eigenvalue weighted by Gasteiger charge is 2.19. The van der Waals surface area contributed by atoms with Crippen LogP contribution in [-0.2, 0) is 0 Å². The van der Waals surface area contributed by atoms with Crippen molar-refractivity contribution in [3.8, 4) is 0 Å². The van der Waals surface area contributed by atoms with Gasteiger partial charge in [0.1, 0.15) is 5.82 Å². The van der Waals surface area contributed by atoms with Crippen LogP contribution in [-0.4, -0.2) is 4.98 Å². The van der Waals surface area contributed by atoms with Gasteiger partial charge >= 0.3 is 0 Å². The molecule has 1 atom stereocenters. The number of fused-ring (bicyclic) bond motifs is 1. The monoisotopic (exact) mass is 345 g/mol. The molecule has 3 rings (SSSR count). The first-order valence-corrected chi connectivity index (χ1v) is 7.24. The third-order valence-corrected chi connectivity index (χ3v) is 4.13. The normalized spacial score (nSPS) is 12.5. The third-order valence-electron chi connectivity index (χ3n) is 3.41. The van der Waals surface area contributed by atoms with E-state index in [1.165, 1.54) is 12.1 Å². The van der Waals surface area contributed by atoms with Crippen LogP contribution in [0.5, 0.6) is 0 Å². The molecule has 5 heteroatoms. The third kappa shape index (κ3) is 2.68. The molecule has 0 radical (unpaired) electrons. The van der Waals surface area contributed by atoms with Crippen LogP contribution in [0.3, 0.4) is 0 Å². The average Bonchev–Trinajstić information content (AvgIpc) is 2.51. The fraction of sp³-hybridized carbons (Fsp3) is 0.0625. The first kappa shape index (κ1) is 14.1. The van der Waals surface area contributed by atoms with E-state index in [0.29, 0.717) is 0 Å². The molecule has 0 aliphatic heterocycles. The molecular weight excluding hydrogens is 333 g/mol. The Morgan fingerprint density at radius 1 is 1.10 bits per heavy atom. The van der Waals surface area contributed by atoms with Crippen molar-refractivity contribution >= 4 is 26.8 Å². The largest absolute Gasteiger partial charge is 0.271 e. The zero-order chi connectivity index (χ0) is 14.8.